The molecule has 0 heterocycles. The van der Waals surface area contributed by atoms with Crippen molar-refractivity contribution in [2.75, 3.05) is 13.4 Å². The summed E-state index contributed by atoms with van der Waals surface area (Å²) in [6.07, 6.45) is 1.15. The van der Waals surface area contributed by atoms with Crippen LogP contribution in [0.1, 0.15) is 21.5 Å². The Morgan fingerprint density at radius 2 is 1.83 bits per heavy atom. The van der Waals surface area contributed by atoms with Gasteiger partial charge in [-0.05, 0) is 23.8 Å². The topological polar surface area (TPSA) is 69.7 Å². The highest BCUT2D eigenvalue weighted by Crippen LogP contribution is 2.19. The molecule has 0 aliphatic rings. The Labute approximate surface area is 135 Å². The molecule has 0 aromatic heterocycles. The van der Waals surface area contributed by atoms with Gasteiger partial charge in [-0.15, -0.1) is 0 Å². The average molecular weight is 334 g/mol. The Bertz CT molecular complexity index is 796. The summed E-state index contributed by atoms with van der Waals surface area (Å²) >= 11 is 0. The zero-order valence-corrected chi connectivity index (χ0v) is 13.8. The molecule has 0 aliphatic heterocycles. The van der Waals surface area contributed by atoms with Crippen LogP contribution >= 0.6 is 0 Å². The van der Waals surface area contributed by atoms with E-state index in [9.17, 15) is 13.2 Å². The Morgan fingerprint density at radius 3 is 2.52 bits per heavy atom. The first-order valence-corrected chi connectivity index (χ1v) is 9.01. The molecule has 5 nitrogen and oxygen atoms in total. The lowest BCUT2D eigenvalue weighted by molar-refractivity contribution is 0.0470. The molecule has 2 aromatic rings. The lowest BCUT2D eigenvalue weighted by atomic mass is 10.1. The van der Waals surface area contributed by atoms with Gasteiger partial charge in [0.1, 0.15) is 12.4 Å². The van der Waals surface area contributed by atoms with Crippen molar-refractivity contribution >= 4 is 15.8 Å². The zero-order valence-electron chi connectivity index (χ0n) is 13.0. The van der Waals surface area contributed by atoms with Crippen LogP contribution in [0.4, 0.5) is 0 Å². The van der Waals surface area contributed by atoms with Crippen LogP contribution in [0.15, 0.2) is 48.5 Å². The van der Waals surface area contributed by atoms with Crippen molar-refractivity contribution in [1.82, 2.24) is 0 Å². The first-order valence-electron chi connectivity index (χ1n) is 6.95. The van der Waals surface area contributed by atoms with E-state index in [1.165, 1.54) is 6.07 Å². The van der Waals surface area contributed by atoms with Gasteiger partial charge in [0.2, 0.25) is 0 Å². The first kappa shape index (κ1) is 17.0. The quantitative estimate of drug-likeness (QED) is 0.760. The molecule has 0 fully saturated rings. The first-order chi connectivity index (χ1) is 10.9. The van der Waals surface area contributed by atoms with Crippen LogP contribution in [-0.4, -0.2) is 27.8 Å². The van der Waals surface area contributed by atoms with Gasteiger partial charge in [-0.1, -0.05) is 30.3 Å². The number of carbonyl (C=O) groups excluding carboxylic acids is 1. The van der Waals surface area contributed by atoms with Crippen molar-refractivity contribution in [2.24, 2.45) is 0 Å². The van der Waals surface area contributed by atoms with Crippen LogP contribution in [0.5, 0.6) is 5.75 Å². The third-order valence-electron chi connectivity index (χ3n) is 3.14. The van der Waals surface area contributed by atoms with Crippen LogP contribution < -0.4 is 4.74 Å². The molecular formula is C17H18O5S. The molecular weight excluding hydrogens is 316 g/mol. The summed E-state index contributed by atoms with van der Waals surface area (Å²) in [7, 11) is -1.60. The molecule has 0 bridgehead atoms. The number of hydrogen-bond acceptors (Lipinski definition) is 5. The van der Waals surface area contributed by atoms with Crippen molar-refractivity contribution in [2.45, 2.75) is 12.4 Å². The summed E-state index contributed by atoms with van der Waals surface area (Å²) in [5.41, 5.74) is 1.64. The number of ether oxygens (including phenoxy) is 2. The Hall–Kier alpha value is -2.34. The van der Waals surface area contributed by atoms with E-state index in [2.05, 4.69) is 0 Å². The molecule has 0 N–H and O–H groups in total. The third kappa shape index (κ3) is 5.10. The average Bonchev–Trinajstić information content (AvgIpc) is 2.51. The summed E-state index contributed by atoms with van der Waals surface area (Å²) in [4.78, 5) is 12.1. The molecule has 2 aromatic carbocycles. The van der Waals surface area contributed by atoms with Crippen LogP contribution in [0.2, 0.25) is 0 Å². The molecule has 6 heteroatoms. The molecule has 0 saturated heterocycles. The van der Waals surface area contributed by atoms with Crippen molar-refractivity contribution in [1.29, 1.82) is 0 Å². The minimum Gasteiger partial charge on any atom is -0.496 e. The number of esters is 1. The smallest absolute Gasteiger partial charge is 0.338 e. The summed E-state index contributed by atoms with van der Waals surface area (Å²) in [5.74, 6) is 0.0260. The number of carbonyl (C=O) groups is 1. The van der Waals surface area contributed by atoms with E-state index < -0.39 is 15.8 Å². The second kappa shape index (κ2) is 7.28. The maximum absolute atomic E-state index is 12.1. The summed E-state index contributed by atoms with van der Waals surface area (Å²) in [6.45, 7) is 0.0825. The van der Waals surface area contributed by atoms with Crippen LogP contribution in [0, 0.1) is 0 Å². The van der Waals surface area contributed by atoms with Gasteiger partial charge in [0.25, 0.3) is 0 Å². The molecule has 122 valence electrons. The minimum atomic E-state index is -3.15. The normalized spacial score (nSPS) is 11.0. The number of sulfone groups is 1. The highest BCUT2D eigenvalue weighted by molar-refractivity contribution is 7.89. The zero-order chi connectivity index (χ0) is 16.9. The highest BCUT2D eigenvalue weighted by atomic mass is 32.2. The fraction of sp³-hybridized carbons (Fsp3) is 0.235. The molecule has 0 atom stereocenters. The number of rotatable bonds is 6. The molecule has 2 rings (SSSR count). The Kier molecular flexibility index (Phi) is 5.39. The van der Waals surface area contributed by atoms with Crippen molar-refractivity contribution in [3.8, 4) is 5.75 Å². The van der Waals surface area contributed by atoms with Crippen molar-refractivity contribution in [3.63, 3.8) is 0 Å². The molecule has 0 aliphatic carbocycles. The lowest BCUT2D eigenvalue weighted by Gasteiger charge is -2.09. The van der Waals surface area contributed by atoms with E-state index in [0.717, 1.165) is 11.8 Å². The molecule has 0 unspecified atom stereocenters. The summed E-state index contributed by atoms with van der Waals surface area (Å²) in [6, 6.07) is 13.7. The van der Waals surface area contributed by atoms with Crippen LogP contribution in [0.3, 0.4) is 0 Å². The van der Waals surface area contributed by atoms with Gasteiger partial charge in [0.15, 0.2) is 9.84 Å². The lowest BCUT2D eigenvalue weighted by Crippen LogP contribution is -2.07. The molecule has 0 radical (unpaired) electrons. The van der Waals surface area contributed by atoms with Crippen LogP contribution in [-0.2, 0) is 26.9 Å². The summed E-state index contributed by atoms with van der Waals surface area (Å²) < 4.78 is 33.1. The van der Waals surface area contributed by atoms with E-state index in [0.29, 0.717) is 16.9 Å². The second-order valence-electron chi connectivity index (χ2n) is 5.16. The second-order valence-corrected chi connectivity index (χ2v) is 7.30. The number of hydrogen-bond donors (Lipinski definition) is 0. The monoisotopic (exact) mass is 334 g/mol. The Morgan fingerprint density at radius 1 is 1.09 bits per heavy atom. The van der Waals surface area contributed by atoms with Gasteiger partial charge in [-0.2, -0.15) is 0 Å². The molecule has 0 amide bonds. The van der Waals surface area contributed by atoms with Crippen LogP contribution in [0.25, 0.3) is 0 Å². The minimum absolute atomic E-state index is 0.0825. The van der Waals surface area contributed by atoms with E-state index in [1.807, 2.05) is 18.2 Å². The van der Waals surface area contributed by atoms with Gasteiger partial charge in [0, 0.05) is 11.8 Å². The van der Waals surface area contributed by atoms with E-state index in [4.69, 9.17) is 9.47 Å². The van der Waals surface area contributed by atoms with Crippen molar-refractivity contribution in [3.05, 3.63) is 65.2 Å². The van der Waals surface area contributed by atoms with Crippen molar-refractivity contribution < 1.29 is 22.7 Å². The fourth-order valence-corrected chi connectivity index (χ4v) is 2.92. The van der Waals surface area contributed by atoms with Gasteiger partial charge in [0.05, 0.1) is 18.4 Å². The van der Waals surface area contributed by atoms with Gasteiger partial charge in [-0.3, -0.25) is 0 Å². The highest BCUT2D eigenvalue weighted by Gasteiger charge is 2.12. The van der Waals surface area contributed by atoms with Gasteiger partial charge < -0.3 is 9.47 Å². The maximum atomic E-state index is 12.1. The largest absolute Gasteiger partial charge is 0.496 e. The SMILES string of the molecule is COc1ccccc1COC(=O)c1cccc(CS(C)(=O)=O)c1. The van der Waals surface area contributed by atoms with Gasteiger partial charge in [-0.25, -0.2) is 13.2 Å². The summed E-state index contributed by atoms with van der Waals surface area (Å²) in [5, 5.41) is 0. The number of para-hydroxylation sites is 1. The van der Waals surface area contributed by atoms with E-state index in [-0.39, 0.29) is 12.4 Å². The predicted octanol–water partition coefficient (Wildman–Crippen LogP) is 2.60. The predicted molar refractivity (Wildman–Crippen MR) is 87.1 cm³/mol. The molecule has 23 heavy (non-hydrogen) atoms. The Balaban J connectivity index is 2.08. The number of benzene rings is 2. The molecule has 0 saturated carbocycles. The van der Waals surface area contributed by atoms with Gasteiger partial charge >= 0.3 is 5.97 Å². The third-order valence-corrected chi connectivity index (χ3v) is 4.00. The fourth-order valence-electron chi connectivity index (χ4n) is 2.14. The number of methoxy groups -OCH3 is 1. The standard InChI is InChI=1S/C17H18O5S/c1-21-16-9-4-3-7-15(16)11-22-17(18)14-8-5-6-13(10-14)12-23(2,19)20/h3-10H,11-12H2,1-2H3. The molecule has 0 spiro atoms. The van der Waals surface area contributed by atoms with E-state index >= 15 is 0 Å². The van der Waals surface area contributed by atoms with E-state index in [1.54, 1.807) is 31.4 Å². The maximum Gasteiger partial charge on any atom is 0.338 e.